The number of allylic oxidation sites excluding steroid dienone is 8. The fourth-order valence-electron chi connectivity index (χ4n) is 8.45. The molecule has 0 aliphatic carbocycles. The van der Waals surface area contributed by atoms with E-state index in [0.29, 0.717) is 19.4 Å². The van der Waals surface area contributed by atoms with E-state index in [0.717, 1.165) is 64.2 Å². The van der Waals surface area contributed by atoms with E-state index < -0.39 is 6.10 Å². The van der Waals surface area contributed by atoms with Gasteiger partial charge in [0.05, 0.1) is 6.61 Å². The van der Waals surface area contributed by atoms with Gasteiger partial charge in [0.15, 0.2) is 6.10 Å². The maximum atomic E-state index is 12.8. The Balaban J connectivity index is 4.26. The van der Waals surface area contributed by atoms with Crippen LogP contribution in [-0.4, -0.2) is 37.9 Å². The zero-order valence-corrected chi connectivity index (χ0v) is 44.5. The number of unbranched alkanes of at least 4 members (excludes halogenated alkanes) is 35. The number of ether oxygens (including phenoxy) is 3. The second-order valence-corrected chi connectivity index (χ2v) is 19.5. The van der Waals surface area contributed by atoms with E-state index in [-0.39, 0.29) is 25.2 Å². The van der Waals surface area contributed by atoms with Gasteiger partial charge in [-0.15, -0.1) is 0 Å². The van der Waals surface area contributed by atoms with E-state index in [4.69, 9.17) is 14.2 Å². The van der Waals surface area contributed by atoms with Crippen LogP contribution in [0.1, 0.15) is 303 Å². The Morgan fingerprint density at radius 3 is 1.03 bits per heavy atom. The van der Waals surface area contributed by atoms with Gasteiger partial charge in [0, 0.05) is 19.4 Å². The minimum absolute atomic E-state index is 0.0789. The Labute approximate surface area is 412 Å². The molecule has 0 aromatic rings. The van der Waals surface area contributed by atoms with Gasteiger partial charge in [-0.3, -0.25) is 9.59 Å². The summed E-state index contributed by atoms with van der Waals surface area (Å²) in [7, 11) is 0. The number of carbonyl (C=O) groups is 2. The van der Waals surface area contributed by atoms with Crippen molar-refractivity contribution in [3.8, 4) is 0 Å². The van der Waals surface area contributed by atoms with E-state index in [1.54, 1.807) is 0 Å². The first-order valence-electron chi connectivity index (χ1n) is 29.2. The van der Waals surface area contributed by atoms with Crippen LogP contribution in [0.25, 0.3) is 0 Å². The average Bonchev–Trinajstić information content (AvgIpc) is 3.32. The molecule has 0 amide bonds. The Morgan fingerprint density at radius 1 is 0.333 bits per heavy atom. The summed E-state index contributed by atoms with van der Waals surface area (Å²) in [6.45, 7) is 7.79. The van der Waals surface area contributed by atoms with Crippen LogP contribution in [0.5, 0.6) is 0 Å². The summed E-state index contributed by atoms with van der Waals surface area (Å²) >= 11 is 0. The third-order valence-electron chi connectivity index (χ3n) is 12.8. The molecule has 0 heterocycles. The molecule has 5 nitrogen and oxygen atoms in total. The fourth-order valence-corrected chi connectivity index (χ4v) is 8.45. The van der Waals surface area contributed by atoms with Crippen molar-refractivity contribution < 1.29 is 23.8 Å². The molecule has 0 fully saturated rings. The normalized spacial score (nSPS) is 12.5. The monoisotopic (exact) mass is 925 g/mol. The zero-order valence-electron chi connectivity index (χ0n) is 44.5. The lowest BCUT2D eigenvalue weighted by Crippen LogP contribution is -2.30. The second-order valence-electron chi connectivity index (χ2n) is 19.5. The predicted molar refractivity (Wildman–Crippen MR) is 288 cm³/mol. The minimum Gasteiger partial charge on any atom is -0.462 e. The molecule has 0 aliphatic heterocycles. The second kappa shape index (κ2) is 57.2. The molecule has 0 aromatic heterocycles. The summed E-state index contributed by atoms with van der Waals surface area (Å²) in [5.41, 5.74) is 0. The third kappa shape index (κ3) is 54.5. The SMILES string of the molecule is CCCCC/C=C\C/C=C\CCCCCCCCOCC(COC(=O)CCCCCCCCCCCCCCCCCCCCC)OC(=O)CCCCCCC/C=C\C/C=C\CCCCC. The minimum atomic E-state index is -0.547. The molecular weight excluding hydrogens is 813 g/mol. The molecule has 0 saturated carbocycles. The van der Waals surface area contributed by atoms with Crippen molar-refractivity contribution in [2.24, 2.45) is 0 Å². The maximum absolute atomic E-state index is 12.8. The Bertz CT molecular complexity index is 1090. The summed E-state index contributed by atoms with van der Waals surface area (Å²) in [6.07, 6.45) is 71.3. The molecule has 0 bridgehead atoms. The number of rotatable bonds is 54. The van der Waals surface area contributed by atoms with Crippen molar-refractivity contribution in [3.05, 3.63) is 48.6 Å². The van der Waals surface area contributed by atoms with E-state index in [1.165, 1.54) is 205 Å². The van der Waals surface area contributed by atoms with Crippen molar-refractivity contribution in [1.82, 2.24) is 0 Å². The summed E-state index contributed by atoms with van der Waals surface area (Å²) in [5, 5.41) is 0. The van der Waals surface area contributed by atoms with Gasteiger partial charge in [-0.05, 0) is 83.5 Å². The number of hydrogen-bond donors (Lipinski definition) is 0. The van der Waals surface area contributed by atoms with Gasteiger partial charge in [-0.25, -0.2) is 0 Å². The highest BCUT2D eigenvalue weighted by molar-refractivity contribution is 5.70. The standard InChI is InChI=1S/C61H112O5/c1-4-7-10-13-16-19-22-25-28-30-31-32-34-36-39-42-45-48-51-54-60(62)65-58-59(57-64-56-53-50-47-44-41-38-35-29-26-23-20-17-14-11-8-5-2)66-61(63)55-52-49-46-43-40-37-33-27-24-21-18-15-12-9-6-3/h17-18,20-21,26-27,29,33,59H,4-16,19,22-25,28,30-32,34-58H2,1-3H3/b20-17-,21-18-,29-26-,33-27-. The molecule has 1 unspecified atom stereocenters. The van der Waals surface area contributed by atoms with Crippen molar-refractivity contribution in [1.29, 1.82) is 0 Å². The molecule has 386 valence electrons. The molecule has 0 rings (SSSR count). The number of esters is 2. The number of hydrogen-bond acceptors (Lipinski definition) is 5. The number of carbonyl (C=O) groups excluding carboxylic acids is 2. The quantitative estimate of drug-likeness (QED) is 0.0345. The van der Waals surface area contributed by atoms with Gasteiger partial charge in [0.2, 0.25) is 0 Å². The van der Waals surface area contributed by atoms with Crippen molar-refractivity contribution >= 4 is 11.9 Å². The smallest absolute Gasteiger partial charge is 0.306 e. The van der Waals surface area contributed by atoms with Gasteiger partial charge in [-0.2, -0.15) is 0 Å². The van der Waals surface area contributed by atoms with Crippen molar-refractivity contribution in [3.63, 3.8) is 0 Å². The van der Waals surface area contributed by atoms with Crippen LogP contribution < -0.4 is 0 Å². The molecule has 0 aromatic carbocycles. The van der Waals surface area contributed by atoms with Crippen LogP contribution in [0.3, 0.4) is 0 Å². The van der Waals surface area contributed by atoms with Crippen LogP contribution in [-0.2, 0) is 23.8 Å². The Kier molecular flexibility index (Phi) is 55.3. The van der Waals surface area contributed by atoms with Crippen LogP contribution in [0, 0.1) is 0 Å². The first kappa shape index (κ1) is 63.9. The average molecular weight is 926 g/mol. The predicted octanol–water partition coefficient (Wildman–Crippen LogP) is 19.9. The maximum Gasteiger partial charge on any atom is 0.306 e. The Morgan fingerprint density at radius 2 is 0.636 bits per heavy atom. The van der Waals surface area contributed by atoms with Crippen molar-refractivity contribution in [2.45, 2.75) is 309 Å². The lowest BCUT2D eigenvalue weighted by Gasteiger charge is -2.18. The van der Waals surface area contributed by atoms with Gasteiger partial charge in [0.25, 0.3) is 0 Å². The molecule has 0 aliphatic rings. The summed E-state index contributed by atoms with van der Waals surface area (Å²) in [5.74, 6) is -0.403. The molecule has 0 N–H and O–H groups in total. The highest BCUT2D eigenvalue weighted by Gasteiger charge is 2.17. The molecule has 0 radical (unpaired) electrons. The van der Waals surface area contributed by atoms with E-state index in [2.05, 4.69) is 69.4 Å². The lowest BCUT2D eigenvalue weighted by molar-refractivity contribution is -0.163. The topological polar surface area (TPSA) is 61.8 Å². The van der Waals surface area contributed by atoms with E-state index in [9.17, 15) is 9.59 Å². The largest absolute Gasteiger partial charge is 0.462 e. The summed E-state index contributed by atoms with van der Waals surface area (Å²) < 4.78 is 17.5. The van der Waals surface area contributed by atoms with Gasteiger partial charge in [0.1, 0.15) is 6.61 Å². The van der Waals surface area contributed by atoms with Crippen LogP contribution in [0.4, 0.5) is 0 Å². The summed E-state index contributed by atoms with van der Waals surface area (Å²) in [4.78, 5) is 25.5. The first-order valence-corrected chi connectivity index (χ1v) is 29.2. The molecule has 0 saturated heterocycles. The summed E-state index contributed by atoms with van der Waals surface area (Å²) in [6, 6.07) is 0. The molecule has 5 heteroatoms. The lowest BCUT2D eigenvalue weighted by atomic mass is 10.0. The van der Waals surface area contributed by atoms with Crippen molar-refractivity contribution in [2.75, 3.05) is 19.8 Å². The zero-order chi connectivity index (χ0) is 47.7. The van der Waals surface area contributed by atoms with Gasteiger partial charge >= 0.3 is 11.9 Å². The van der Waals surface area contributed by atoms with Crippen LogP contribution in [0.2, 0.25) is 0 Å². The molecule has 66 heavy (non-hydrogen) atoms. The van der Waals surface area contributed by atoms with E-state index >= 15 is 0 Å². The molecule has 1 atom stereocenters. The van der Waals surface area contributed by atoms with Gasteiger partial charge in [-0.1, -0.05) is 256 Å². The third-order valence-corrected chi connectivity index (χ3v) is 12.8. The fraction of sp³-hybridized carbons (Fsp3) is 0.836. The van der Waals surface area contributed by atoms with Crippen LogP contribution >= 0.6 is 0 Å². The van der Waals surface area contributed by atoms with E-state index in [1.807, 2.05) is 0 Å². The highest BCUT2D eigenvalue weighted by Crippen LogP contribution is 2.16. The molecular formula is C61H112O5. The first-order chi connectivity index (χ1) is 32.6. The molecule has 0 spiro atoms. The Hall–Kier alpha value is -2.14. The highest BCUT2D eigenvalue weighted by atomic mass is 16.6. The van der Waals surface area contributed by atoms with Gasteiger partial charge < -0.3 is 14.2 Å². The van der Waals surface area contributed by atoms with Crippen LogP contribution in [0.15, 0.2) is 48.6 Å².